The molecule has 3 aromatic rings. The van der Waals surface area contributed by atoms with E-state index in [1.807, 2.05) is 53.3 Å². The maximum atomic E-state index is 12.5. The lowest BCUT2D eigenvalue weighted by Gasteiger charge is -2.36. The quantitative estimate of drug-likeness (QED) is 0.486. The SMILES string of the molecule is COc1ccccc1NC(=O)N[C@@H]1CC[C@H](CCn2cc(-c3ccccc3)nn2)O[C@@H]1CO. The fourth-order valence-corrected chi connectivity index (χ4v) is 4.01. The molecule has 1 fully saturated rings. The van der Waals surface area contributed by atoms with Gasteiger partial charge in [-0.1, -0.05) is 47.7 Å². The van der Waals surface area contributed by atoms with E-state index < -0.39 is 6.10 Å². The predicted octanol–water partition coefficient (Wildman–Crippen LogP) is 3.07. The normalized spacial score (nSPS) is 20.2. The van der Waals surface area contributed by atoms with Gasteiger partial charge in [0.25, 0.3) is 0 Å². The highest BCUT2D eigenvalue weighted by atomic mass is 16.5. The van der Waals surface area contributed by atoms with Crippen molar-refractivity contribution >= 4 is 11.7 Å². The van der Waals surface area contributed by atoms with Crippen LogP contribution in [0.5, 0.6) is 5.75 Å². The minimum absolute atomic E-state index is 0.0261. The fraction of sp³-hybridized carbons (Fsp3) is 0.375. The van der Waals surface area contributed by atoms with Crippen molar-refractivity contribution in [3.05, 3.63) is 60.8 Å². The molecule has 0 radical (unpaired) electrons. The molecule has 1 saturated heterocycles. The van der Waals surface area contributed by atoms with E-state index >= 15 is 0 Å². The number of anilines is 1. The molecule has 174 valence electrons. The summed E-state index contributed by atoms with van der Waals surface area (Å²) in [6.45, 7) is 0.493. The molecule has 0 saturated carbocycles. The van der Waals surface area contributed by atoms with Crippen LogP contribution in [0.1, 0.15) is 19.3 Å². The summed E-state index contributed by atoms with van der Waals surface area (Å²) in [5.74, 6) is 0.579. The average molecular weight is 452 g/mol. The Balaban J connectivity index is 1.27. The molecule has 0 bridgehead atoms. The Morgan fingerprint density at radius 1 is 1.18 bits per heavy atom. The summed E-state index contributed by atoms with van der Waals surface area (Å²) in [6.07, 6.45) is 3.66. The van der Waals surface area contributed by atoms with Gasteiger partial charge in [0.2, 0.25) is 0 Å². The van der Waals surface area contributed by atoms with Crippen LogP contribution in [0.2, 0.25) is 0 Å². The summed E-state index contributed by atoms with van der Waals surface area (Å²) >= 11 is 0. The van der Waals surface area contributed by atoms with Crippen LogP contribution in [0.25, 0.3) is 11.3 Å². The highest BCUT2D eigenvalue weighted by molar-refractivity contribution is 5.91. The molecule has 1 aliphatic rings. The van der Waals surface area contributed by atoms with Crippen LogP contribution in [-0.2, 0) is 11.3 Å². The summed E-state index contributed by atoms with van der Waals surface area (Å²) in [6, 6.07) is 16.5. The van der Waals surface area contributed by atoms with E-state index in [4.69, 9.17) is 9.47 Å². The van der Waals surface area contributed by atoms with Gasteiger partial charge < -0.3 is 25.2 Å². The van der Waals surface area contributed by atoms with Crippen LogP contribution in [0, 0.1) is 0 Å². The van der Waals surface area contributed by atoms with E-state index in [1.54, 1.807) is 19.2 Å². The van der Waals surface area contributed by atoms with Crippen molar-refractivity contribution in [1.29, 1.82) is 0 Å². The summed E-state index contributed by atoms with van der Waals surface area (Å²) < 4.78 is 13.2. The Morgan fingerprint density at radius 3 is 2.76 bits per heavy atom. The first-order valence-corrected chi connectivity index (χ1v) is 11.1. The Bertz CT molecular complexity index is 1040. The number of carbonyl (C=O) groups excluding carboxylic acids is 1. The summed E-state index contributed by atoms with van der Waals surface area (Å²) in [5.41, 5.74) is 2.44. The maximum Gasteiger partial charge on any atom is 0.319 e. The van der Waals surface area contributed by atoms with Crippen LogP contribution >= 0.6 is 0 Å². The van der Waals surface area contributed by atoms with Crippen molar-refractivity contribution < 1.29 is 19.4 Å². The van der Waals surface area contributed by atoms with Crippen molar-refractivity contribution in [3.63, 3.8) is 0 Å². The molecule has 33 heavy (non-hydrogen) atoms. The van der Waals surface area contributed by atoms with Gasteiger partial charge in [-0.2, -0.15) is 0 Å². The highest BCUT2D eigenvalue weighted by Gasteiger charge is 2.32. The zero-order valence-corrected chi connectivity index (χ0v) is 18.6. The monoisotopic (exact) mass is 451 g/mol. The third-order valence-electron chi connectivity index (χ3n) is 5.76. The fourth-order valence-electron chi connectivity index (χ4n) is 4.01. The summed E-state index contributed by atoms with van der Waals surface area (Å²) in [4.78, 5) is 12.5. The van der Waals surface area contributed by atoms with Gasteiger partial charge >= 0.3 is 6.03 Å². The topological polar surface area (TPSA) is 111 Å². The van der Waals surface area contributed by atoms with Gasteiger partial charge in [0.1, 0.15) is 17.5 Å². The summed E-state index contributed by atoms with van der Waals surface area (Å²) in [7, 11) is 1.55. The molecule has 2 amide bonds. The number of urea groups is 1. The third-order valence-corrected chi connectivity index (χ3v) is 5.76. The number of benzene rings is 2. The van der Waals surface area contributed by atoms with E-state index in [9.17, 15) is 9.90 Å². The number of aromatic nitrogens is 3. The largest absolute Gasteiger partial charge is 0.495 e. The molecule has 1 aliphatic heterocycles. The zero-order valence-electron chi connectivity index (χ0n) is 18.6. The predicted molar refractivity (Wildman–Crippen MR) is 124 cm³/mol. The Hall–Kier alpha value is -3.43. The van der Waals surface area contributed by atoms with Crippen LogP contribution in [0.4, 0.5) is 10.5 Å². The van der Waals surface area contributed by atoms with Crippen molar-refractivity contribution in [1.82, 2.24) is 20.3 Å². The Morgan fingerprint density at radius 2 is 1.97 bits per heavy atom. The molecule has 1 aromatic heterocycles. The number of methoxy groups -OCH3 is 1. The van der Waals surface area contributed by atoms with Gasteiger partial charge in [-0.15, -0.1) is 5.10 Å². The molecular formula is C24H29N5O4. The van der Waals surface area contributed by atoms with Gasteiger partial charge in [-0.25, -0.2) is 4.79 Å². The molecule has 3 N–H and O–H groups in total. The van der Waals surface area contributed by atoms with E-state index in [-0.39, 0.29) is 24.8 Å². The first kappa shape index (κ1) is 22.8. The molecule has 2 heterocycles. The lowest BCUT2D eigenvalue weighted by molar-refractivity contribution is -0.0905. The second-order valence-electron chi connectivity index (χ2n) is 7.98. The van der Waals surface area contributed by atoms with Gasteiger partial charge in [-0.05, 0) is 31.4 Å². The number of hydrogen-bond acceptors (Lipinski definition) is 6. The van der Waals surface area contributed by atoms with Gasteiger partial charge in [0.15, 0.2) is 0 Å². The van der Waals surface area contributed by atoms with E-state index in [2.05, 4.69) is 20.9 Å². The number of carbonyl (C=O) groups is 1. The Kier molecular flexibility index (Phi) is 7.54. The van der Waals surface area contributed by atoms with Crippen LogP contribution in [0.15, 0.2) is 60.8 Å². The lowest BCUT2D eigenvalue weighted by Crippen LogP contribution is -2.52. The molecule has 9 heteroatoms. The second kappa shape index (κ2) is 10.9. The number of hydrogen-bond donors (Lipinski definition) is 3. The molecule has 4 rings (SSSR count). The van der Waals surface area contributed by atoms with Crippen LogP contribution in [0.3, 0.4) is 0 Å². The van der Waals surface area contributed by atoms with Crippen molar-refractivity contribution in [2.45, 2.75) is 44.1 Å². The molecule has 9 nitrogen and oxygen atoms in total. The first-order chi connectivity index (χ1) is 16.2. The first-order valence-electron chi connectivity index (χ1n) is 11.1. The molecule has 0 unspecified atom stereocenters. The molecule has 0 spiro atoms. The summed E-state index contributed by atoms with van der Waals surface area (Å²) in [5, 5.41) is 24.0. The molecular weight excluding hydrogens is 422 g/mol. The minimum atomic E-state index is -0.470. The molecule has 3 atom stereocenters. The van der Waals surface area contributed by atoms with Crippen LogP contribution < -0.4 is 15.4 Å². The number of para-hydroxylation sites is 2. The number of aryl methyl sites for hydroxylation is 1. The highest BCUT2D eigenvalue weighted by Crippen LogP contribution is 2.25. The number of aliphatic hydroxyl groups excluding tert-OH is 1. The molecule has 0 aliphatic carbocycles. The van der Waals surface area contributed by atoms with Crippen LogP contribution in [-0.4, -0.2) is 58.1 Å². The standard InChI is InChI=1S/C24H29N5O4/c1-32-22-10-6-5-9-19(22)25-24(31)26-20-12-11-18(33-23(20)16-30)13-14-29-15-21(27-28-29)17-7-3-2-4-8-17/h2-10,15,18,20,23,30H,11-14,16H2,1H3,(H2,25,26,31)/t18-,20-,23-/m1/s1. The number of rotatable bonds is 8. The maximum absolute atomic E-state index is 12.5. The Labute approximate surface area is 192 Å². The number of amides is 2. The van der Waals surface area contributed by atoms with Gasteiger partial charge in [0, 0.05) is 12.1 Å². The third kappa shape index (κ3) is 5.88. The molecule has 2 aromatic carbocycles. The van der Waals surface area contributed by atoms with E-state index in [0.29, 0.717) is 24.4 Å². The van der Waals surface area contributed by atoms with E-state index in [1.165, 1.54) is 0 Å². The second-order valence-corrected chi connectivity index (χ2v) is 7.98. The van der Waals surface area contributed by atoms with Gasteiger partial charge in [0.05, 0.1) is 37.7 Å². The number of nitrogens with one attached hydrogen (secondary N) is 2. The average Bonchev–Trinajstić information content (AvgIpc) is 3.33. The zero-order chi connectivity index (χ0) is 23.0. The van der Waals surface area contributed by atoms with Gasteiger partial charge in [-0.3, -0.25) is 4.68 Å². The van der Waals surface area contributed by atoms with Crippen molar-refractivity contribution in [2.75, 3.05) is 19.0 Å². The number of aliphatic hydroxyl groups is 1. The van der Waals surface area contributed by atoms with E-state index in [0.717, 1.165) is 24.1 Å². The van der Waals surface area contributed by atoms with Crippen molar-refractivity contribution in [2.24, 2.45) is 0 Å². The lowest BCUT2D eigenvalue weighted by atomic mass is 9.97. The number of ether oxygens (including phenoxy) is 2. The van der Waals surface area contributed by atoms with Crippen molar-refractivity contribution in [3.8, 4) is 17.0 Å². The smallest absolute Gasteiger partial charge is 0.319 e. The minimum Gasteiger partial charge on any atom is -0.495 e. The number of nitrogens with zero attached hydrogens (tertiary/aromatic N) is 3.